The second-order valence-corrected chi connectivity index (χ2v) is 7.39. The molecule has 3 rings (SSSR count). The van der Waals surface area contributed by atoms with Gasteiger partial charge in [0.2, 0.25) is 0 Å². The van der Waals surface area contributed by atoms with Gasteiger partial charge in [0.05, 0.1) is 11.6 Å². The first-order chi connectivity index (χ1) is 13.6. The van der Waals surface area contributed by atoms with E-state index < -0.39 is 0 Å². The maximum atomic E-state index is 13.9. The summed E-state index contributed by atoms with van der Waals surface area (Å²) < 4.78 is 26.5. The molecule has 3 aromatic rings. The molecule has 0 aliphatic rings. The number of anilines is 1. The summed E-state index contributed by atoms with van der Waals surface area (Å²) >= 11 is 9.50. The molecule has 0 aromatic heterocycles. The van der Waals surface area contributed by atoms with Crippen molar-refractivity contribution >= 4 is 33.2 Å². The fourth-order valence-electron chi connectivity index (χ4n) is 2.64. The summed E-state index contributed by atoms with van der Waals surface area (Å²) in [5.41, 5.74) is 2.39. The Bertz CT molecular complexity index is 914. The molecule has 0 fully saturated rings. The highest BCUT2D eigenvalue weighted by atomic mass is 79.9. The number of hydrogen-bond donors (Lipinski definition) is 1. The Morgan fingerprint density at radius 3 is 2.50 bits per heavy atom. The monoisotopic (exact) mass is 463 g/mol. The van der Waals surface area contributed by atoms with Crippen LogP contribution in [0, 0.1) is 5.82 Å². The van der Waals surface area contributed by atoms with Gasteiger partial charge < -0.3 is 14.8 Å². The lowest BCUT2D eigenvalue weighted by Gasteiger charge is -2.15. The van der Waals surface area contributed by atoms with Crippen LogP contribution in [-0.4, -0.2) is 6.61 Å². The molecule has 0 atom stereocenters. The van der Waals surface area contributed by atoms with E-state index in [1.807, 2.05) is 49.4 Å². The molecular formula is C22H20BrClFNO2. The molecule has 0 radical (unpaired) electrons. The minimum atomic E-state index is -0.388. The zero-order valence-corrected chi connectivity index (χ0v) is 17.7. The Balaban J connectivity index is 1.70. The molecule has 0 heterocycles. The molecule has 0 aliphatic heterocycles. The fraction of sp³-hybridized carbons (Fsp3) is 0.182. The van der Waals surface area contributed by atoms with Crippen molar-refractivity contribution in [1.82, 2.24) is 0 Å². The molecule has 0 spiro atoms. The number of ether oxygens (including phenoxy) is 2. The Morgan fingerprint density at radius 1 is 1.00 bits per heavy atom. The van der Waals surface area contributed by atoms with Crippen molar-refractivity contribution < 1.29 is 13.9 Å². The van der Waals surface area contributed by atoms with Gasteiger partial charge in [0.1, 0.15) is 12.4 Å². The van der Waals surface area contributed by atoms with Crippen molar-refractivity contribution in [3.63, 3.8) is 0 Å². The predicted molar refractivity (Wildman–Crippen MR) is 115 cm³/mol. The highest BCUT2D eigenvalue weighted by Gasteiger charge is 2.11. The van der Waals surface area contributed by atoms with Crippen molar-refractivity contribution in [3.05, 3.63) is 87.1 Å². The van der Waals surface area contributed by atoms with Crippen LogP contribution >= 0.6 is 27.5 Å². The first-order valence-corrected chi connectivity index (χ1v) is 10.0. The third kappa shape index (κ3) is 5.40. The molecule has 0 saturated carbocycles. The topological polar surface area (TPSA) is 30.5 Å². The summed E-state index contributed by atoms with van der Waals surface area (Å²) in [6, 6.07) is 18.3. The lowest BCUT2D eigenvalue weighted by Crippen LogP contribution is -2.04. The Hall–Kier alpha value is -2.24. The molecule has 0 unspecified atom stereocenters. The van der Waals surface area contributed by atoms with Crippen molar-refractivity contribution in [3.8, 4) is 11.5 Å². The van der Waals surface area contributed by atoms with E-state index in [4.69, 9.17) is 21.1 Å². The molecule has 3 aromatic carbocycles. The van der Waals surface area contributed by atoms with Gasteiger partial charge >= 0.3 is 0 Å². The minimum Gasteiger partial charge on any atom is -0.490 e. The summed E-state index contributed by atoms with van der Waals surface area (Å²) in [5, 5.41) is 3.71. The Kier molecular flexibility index (Phi) is 7.18. The van der Waals surface area contributed by atoms with Crippen LogP contribution < -0.4 is 14.8 Å². The molecule has 0 saturated heterocycles. The molecular weight excluding hydrogens is 445 g/mol. The normalized spacial score (nSPS) is 10.6. The molecule has 1 N–H and O–H groups in total. The summed E-state index contributed by atoms with van der Waals surface area (Å²) in [7, 11) is 0. The zero-order valence-electron chi connectivity index (χ0n) is 15.3. The van der Waals surface area contributed by atoms with Crippen LogP contribution in [0.4, 0.5) is 10.1 Å². The summed E-state index contributed by atoms with van der Waals surface area (Å²) in [5.74, 6) is 0.777. The van der Waals surface area contributed by atoms with Crippen LogP contribution in [0.15, 0.2) is 65.1 Å². The molecule has 6 heteroatoms. The van der Waals surface area contributed by atoms with E-state index in [9.17, 15) is 4.39 Å². The largest absolute Gasteiger partial charge is 0.490 e. The molecule has 3 nitrogen and oxygen atoms in total. The van der Waals surface area contributed by atoms with Crippen LogP contribution in [-0.2, 0) is 13.2 Å². The predicted octanol–water partition coefficient (Wildman–Crippen LogP) is 6.83. The third-order valence-corrected chi connectivity index (χ3v) is 4.97. The second kappa shape index (κ2) is 9.80. The van der Waals surface area contributed by atoms with E-state index in [2.05, 4.69) is 21.2 Å². The average Bonchev–Trinajstić information content (AvgIpc) is 2.68. The molecule has 0 aliphatic carbocycles. The van der Waals surface area contributed by atoms with Gasteiger partial charge in [0.15, 0.2) is 11.5 Å². The lowest BCUT2D eigenvalue weighted by atomic mass is 10.2. The van der Waals surface area contributed by atoms with Crippen molar-refractivity contribution in [2.75, 3.05) is 11.9 Å². The number of halogens is 3. The maximum Gasteiger partial charge on any atom is 0.161 e. The highest BCUT2D eigenvalue weighted by Crippen LogP contribution is 2.31. The van der Waals surface area contributed by atoms with E-state index in [1.54, 1.807) is 12.1 Å². The van der Waals surface area contributed by atoms with E-state index in [1.165, 1.54) is 6.07 Å². The van der Waals surface area contributed by atoms with Gasteiger partial charge in [-0.15, -0.1) is 0 Å². The van der Waals surface area contributed by atoms with Gasteiger partial charge in [-0.2, -0.15) is 0 Å². The molecule has 0 amide bonds. The molecule has 0 bridgehead atoms. The maximum absolute atomic E-state index is 13.9. The summed E-state index contributed by atoms with van der Waals surface area (Å²) in [6.45, 7) is 3.08. The number of rotatable bonds is 8. The summed E-state index contributed by atoms with van der Waals surface area (Å²) in [6.07, 6.45) is 0. The van der Waals surface area contributed by atoms with Crippen molar-refractivity contribution in [2.24, 2.45) is 0 Å². The Labute approximate surface area is 177 Å². The minimum absolute atomic E-state index is 0.0298. The van der Waals surface area contributed by atoms with Gasteiger partial charge in [-0.1, -0.05) is 39.7 Å². The number of hydrogen-bond acceptors (Lipinski definition) is 3. The van der Waals surface area contributed by atoms with E-state index in [0.717, 1.165) is 15.7 Å². The van der Waals surface area contributed by atoms with E-state index >= 15 is 0 Å². The second-order valence-electron chi connectivity index (χ2n) is 6.06. The van der Waals surface area contributed by atoms with Gasteiger partial charge in [0, 0.05) is 22.3 Å². The summed E-state index contributed by atoms with van der Waals surface area (Å²) in [4.78, 5) is 0. The standard InChI is InChI=1S/C22H20BrClFNO2/c1-2-27-22-12-15(13-26-17-9-7-16(23)8-10-17)6-11-21(22)28-14-18-19(24)4-3-5-20(18)25/h3-12,26H,2,13-14H2,1H3. The number of nitrogens with one attached hydrogen (secondary N) is 1. The van der Waals surface area contributed by atoms with Gasteiger partial charge in [-0.25, -0.2) is 4.39 Å². The zero-order chi connectivity index (χ0) is 19.9. The molecule has 28 heavy (non-hydrogen) atoms. The Morgan fingerprint density at radius 2 is 1.79 bits per heavy atom. The van der Waals surface area contributed by atoms with Crippen LogP contribution in [0.2, 0.25) is 5.02 Å². The van der Waals surface area contributed by atoms with Crippen LogP contribution in [0.1, 0.15) is 18.1 Å². The van der Waals surface area contributed by atoms with Crippen LogP contribution in [0.3, 0.4) is 0 Å². The number of benzene rings is 3. The average molecular weight is 465 g/mol. The van der Waals surface area contributed by atoms with Crippen LogP contribution in [0.25, 0.3) is 0 Å². The van der Waals surface area contributed by atoms with Crippen molar-refractivity contribution in [2.45, 2.75) is 20.1 Å². The lowest BCUT2D eigenvalue weighted by molar-refractivity contribution is 0.265. The fourth-order valence-corrected chi connectivity index (χ4v) is 3.12. The smallest absolute Gasteiger partial charge is 0.161 e. The van der Waals surface area contributed by atoms with E-state index in [-0.39, 0.29) is 12.4 Å². The first-order valence-electron chi connectivity index (χ1n) is 8.87. The van der Waals surface area contributed by atoms with Gasteiger partial charge in [-0.05, 0) is 61.0 Å². The highest BCUT2D eigenvalue weighted by molar-refractivity contribution is 9.10. The van der Waals surface area contributed by atoms with Gasteiger partial charge in [-0.3, -0.25) is 0 Å². The van der Waals surface area contributed by atoms with Crippen molar-refractivity contribution in [1.29, 1.82) is 0 Å². The van der Waals surface area contributed by atoms with Gasteiger partial charge in [0.25, 0.3) is 0 Å². The third-order valence-electron chi connectivity index (χ3n) is 4.08. The SMILES string of the molecule is CCOc1cc(CNc2ccc(Br)cc2)ccc1OCc1c(F)cccc1Cl. The van der Waals surface area contributed by atoms with E-state index in [0.29, 0.717) is 35.2 Å². The molecule has 146 valence electrons. The first kappa shape index (κ1) is 20.5. The quantitative estimate of drug-likeness (QED) is 0.396. The van der Waals surface area contributed by atoms with Crippen LogP contribution in [0.5, 0.6) is 11.5 Å².